The lowest BCUT2D eigenvalue weighted by Gasteiger charge is -2.24. The van der Waals surface area contributed by atoms with Gasteiger partial charge in [0.05, 0.1) is 10.1 Å². The molecule has 0 aliphatic heterocycles. The van der Waals surface area contributed by atoms with E-state index in [1.807, 2.05) is 0 Å². The van der Waals surface area contributed by atoms with Gasteiger partial charge in [0.25, 0.3) is 0 Å². The highest BCUT2D eigenvalue weighted by Crippen LogP contribution is 2.28. The highest BCUT2D eigenvalue weighted by molar-refractivity contribution is 9.10. The third-order valence-corrected chi connectivity index (χ3v) is 3.59. The lowest BCUT2D eigenvalue weighted by Crippen LogP contribution is -2.25. The van der Waals surface area contributed by atoms with Crippen LogP contribution in [-0.4, -0.2) is 5.11 Å². The molecule has 1 unspecified atom stereocenters. The monoisotopic (exact) mass is 326 g/mol. The van der Waals surface area contributed by atoms with E-state index in [2.05, 4.69) is 15.9 Å². The second-order valence-electron chi connectivity index (χ2n) is 4.68. The molecular formula is C15H13BrF2O. The van der Waals surface area contributed by atoms with Crippen LogP contribution in [-0.2, 0) is 12.0 Å². The lowest BCUT2D eigenvalue weighted by atomic mass is 9.89. The summed E-state index contributed by atoms with van der Waals surface area (Å²) in [5.41, 5.74) is -0.389. The molecule has 2 rings (SSSR count). The van der Waals surface area contributed by atoms with Crippen molar-refractivity contribution in [2.45, 2.75) is 18.9 Å². The van der Waals surface area contributed by atoms with Crippen molar-refractivity contribution in [1.82, 2.24) is 0 Å². The van der Waals surface area contributed by atoms with Crippen LogP contribution in [0.3, 0.4) is 0 Å². The van der Waals surface area contributed by atoms with E-state index < -0.39 is 11.4 Å². The number of hydrogen-bond acceptors (Lipinski definition) is 1. The largest absolute Gasteiger partial charge is 0.385 e. The number of benzene rings is 2. The smallest absolute Gasteiger partial charge is 0.137 e. The maximum absolute atomic E-state index is 13.7. The predicted octanol–water partition coefficient (Wildman–Crippen LogP) is 4.18. The number of hydrogen-bond donors (Lipinski definition) is 1. The van der Waals surface area contributed by atoms with Crippen LogP contribution in [0.25, 0.3) is 0 Å². The number of rotatable bonds is 3. The predicted molar refractivity (Wildman–Crippen MR) is 73.8 cm³/mol. The Hall–Kier alpha value is -1.26. The van der Waals surface area contributed by atoms with Gasteiger partial charge in [0.15, 0.2) is 0 Å². The molecule has 1 N–H and O–H groups in total. The molecule has 0 aromatic heterocycles. The SMILES string of the molecule is CC(O)(Cc1ccc(F)c(Br)c1)c1ccccc1F. The minimum absolute atomic E-state index is 0.201. The molecule has 0 heterocycles. The average molecular weight is 327 g/mol. The Bertz CT molecular complexity index is 596. The summed E-state index contributed by atoms with van der Waals surface area (Å²) in [5, 5.41) is 10.4. The normalized spacial score (nSPS) is 14.2. The quantitative estimate of drug-likeness (QED) is 0.897. The Kier molecular flexibility index (Phi) is 4.02. The topological polar surface area (TPSA) is 20.2 Å². The highest BCUT2D eigenvalue weighted by Gasteiger charge is 2.26. The Morgan fingerprint density at radius 1 is 1.11 bits per heavy atom. The summed E-state index contributed by atoms with van der Waals surface area (Å²) < 4.78 is 27.2. The van der Waals surface area contributed by atoms with Gasteiger partial charge in [0.2, 0.25) is 0 Å². The van der Waals surface area contributed by atoms with Gasteiger partial charge in [-0.2, -0.15) is 0 Å². The summed E-state index contributed by atoms with van der Waals surface area (Å²) >= 11 is 3.09. The van der Waals surface area contributed by atoms with Crippen LogP contribution in [0.2, 0.25) is 0 Å². The van der Waals surface area contributed by atoms with E-state index in [1.165, 1.54) is 12.1 Å². The van der Waals surface area contributed by atoms with Crippen molar-refractivity contribution in [3.63, 3.8) is 0 Å². The molecule has 0 bridgehead atoms. The van der Waals surface area contributed by atoms with E-state index in [9.17, 15) is 13.9 Å². The van der Waals surface area contributed by atoms with Crippen LogP contribution in [0.5, 0.6) is 0 Å². The van der Waals surface area contributed by atoms with E-state index >= 15 is 0 Å². The molecule has 0 aliphatic rings. The summed E-state index contributed by atoms with van der Waals surface area (Å²) in [7, 11) is 0. The minimum atomic E-state index is -1.34. The van der Waals surface area contributed by atoms with Crippen molar-refractivity contribution >= 4 is 15.9 Å². The van der Waals surface area contributed by atoms with Crippen LogP contribution in [0.4, 0.5) is 8.78 Å². The van der Waals surface area contributed by atoms with Crippen molar-refractivity contribution in [3.05, 3.63) is 69.7 Å². The maximum atomic E-state index is 13.7. The molecule has 4 heteroatoms. The molecule has 1 nitrogen and oxygen atoms in total. The van der Waals surface area contributed by atoms with Gasteiger partial charge in [-0.05, 0) is 46.6 Å². The molecule has 0 saturated carbocycles. The zero-order valence-electron chi connectivity index (χ0n) is 10.3. The van der Waals surface area contributed by atoms with Gasteiger partial charge < -0.3 is 5.11 Å². The van der Waals surface area contributed by atoms with Crippen LogP contribution >= 0.6 is 15.9 Å². The van der Waals surface area contributed by atoms with Crippen LogP contribution in [0.15, 0.2) is 46.9 Å². The van der Waals surface area contributed by atoms with Crippen molar-refractivity contribution in [1.29, 1.82) is 0 Å². The molecule has 0 fully saturated rings. The summed E-state index contributed by atoms with van der Waals surface area (Å²) in [6.45, 7) is 1.54. The molecule has 100 valence electrons. The average Bonchev–Trinajstić information content (AvgIpc) is 2.34. The van der Waals surface area contributed by atoms with Crippen LogP contribution in [0.1, 0.15) is 18.1 Å². The van der Waals surface area contributed by atoms with Gasteiger partial charge in [-0.25, -0.2) is 8.78 Å². The molecule has 2 aromatic rings. The molecule has 0 aliphatic carbocycles. The van der Waals surface area contributed by atoms with Gasteiger partial charge in [0.1, 0.15) is 11.6 Å². The highest BCUT2D eigenvalue weighted by atomic mass is 79.9. The van der Waals surface area contributed by atoms with Crippen molar-refractivity contribution in [2.75, 3.05) is 0 Å². The summed E-state index contributed by atoms with van der Waals surface area (Å²) in [4.78, 5) is 0. The number of aliphatic hydroxyl groups is 1. The van der Waals surface area contributed by atoms with E-state index in [-0.39, 0.29) is 17.8 Å². The summed E-state index contributed by atoms with van der Waals surface area (Å²) in [6.07, 6.45) is 0.201. The zero-order valence-corrected chi connectivity index (χ0v) is 11.9. The first kappa shape index (κ1) is 14.2. The molecule has 0 amide bonds. The van der Waals surface area contributed by atoms with Gasteiger partial charge in [-0.3, -0.25) is 0 Å². The first-order valence-electron chi connectivity index (χ1n) is 5.81. The minimum Gasteiger partial charge on any atom is -0.385 e. The van der Waals surface area contributed by atoms with E-state index in [4.69, 9.17) is 0 Å². The first-order valence-corrected chi connectivity index (χ1v) is 6.61. The number of halogens is 3. The third-order valence-electron chi connectivity index (χ3n) is 2.99. The van der Waals surface area contributed by atoms with E-state index in [0.717, 1.165) is 5.56 Å². The van der Waals surface area contributed by atoms with E-state index in [0.29, 0.717) is 4.47 Å². The van der Waals surface area contributed by atoms with Gasteiger partial charge in [0, 0.05) is 12.0 Å². The molecule has 19 heavy (non-hydrogen) atoms. The Balaban J connectivity index is 2.31. The van der Waals surface area contributed by atoms with E-state index in [1.54, 1.807) is 37.3 Å². The fraction of sp³-hybridized carbons (Fsp3) is 0.200. The molecule has 0 spiro atoms. The summed E-state index contributed by atoms with van der Waals surface area (Å²) in [6, 6.07) is 10.6. The maximum Gasteiger partial charge on any atom is 0.137 e. The fourth-order valence-corrected chi connectivity index (χ4v) is 2.47. The molecule has 0 radical (unpaired) electrons. The second kappa shape index (κ2) is 5.39. The molecule has 2 aromatic carbocycles. The van der Waals surface area contributed by atoms with Gasteiger partial charge in [-0.15, -0.1) is 0 Å². The van der Waals surface area contributed by atoms with Crippen molar-refractivity contribution < 1.29 is 13.9 Å². The molecule has 1 atom stereocenters. The molecular weight excluding hydrogens is 314 g/mol. The Morgan fingerprint density at radius 2 is 1.79 bits per heavy atom. The zero-order chi connectivity index (χ0) is 14.0. The van der Waals surface area contributed by atoms with Crippen LogP contribution < -0.4 is 0 Å². The lowest BCUT2D eigenvalue weighted by molar-refractivity contribution is 0.0538. The fourth-order valence-electron chi connectivity index (χ4n) is 2.04. The standard InChI is InChI=1S/C15H13BrF2O/c1-15(19,11-4-2-3-5-13(11)17)9-10-6-7-14(18)12(16)8-10/h2-8,19H,9H2,1H3. The third kappa shape index (κ3) is 3.19. The van der Waals surface area contributed by atoms with Gasteiger partial charge >= 0.3 is 0 Å². The summed E-state index contributed by atoms with van der Waals surface area (Å²) in [5.74, 6) is -0.817. The molecule has 0 saturated heterocycles. The van der Waals surface area contributed by atoms with Gasteiger partial charge in [-0.1, -0.05) is 24.3 Å². The van der Waals surface area contributed by atoms with Crippen molar-refractivity contribution in [3.8, 4) is 0 Å². The van der Waals surface area contributed by atoms with Crippen molar-refractivity contribution in [2.24, 2.45) is 0 Å². The Morgan fingerprint density at radius 3 is 2.42 bits per heavy atom. The Labute approximate surface area is 119 Å². The van der Waals surface area contributed by atoms with Crippen LogP contribution in [0, 0.1) is 11.6 Å². The first-order chi connectivity index (χ1) is 8.90. The second-order valence-corrected chi connectivity index (χ2v) is 5.53.